The van der Waals surface area contributed by atoms with Crippen LogP contribution in [-0.4, -0.2) is 63.3 Å². The number of fused-ring (bicyclic) bond motifs is 1. The van der Waals surface area contributed by atoms with Gasteiger partial charge < -0.3 is 24.8 Å². The number of hydrogen-bond acceptors (Lipinski definition) is 8. The smallest absolute Gasteiger partial charge is 0.416 e. The lowest BCUT2D eigenvalue weighted by Gasteiger charge is -2.31. The Morgan fingerprint density at radius 2 is 1.93 bits per heavy atom. The molecule has 1 aromatic carbocycles. The van der Waals surface area contributed by atoms with Crippen molar-refractivity contribution in [2.75, 3.05) is 43.5 Å². The summed E-state index contributed by atoms with van der Waals surface area (Å²) >= 11 is 0. The average Bonchev–Trinajstić information content (AvgIpc) is 3.41. The standard InChI is InChI=1S/C27H29F3N8O3/c1-4-20-23(36-11-9-31-10-12-36)25(40)38-26(34-24(35-38)17-7-8-32-22(14-17)41-3)37(20)15-21(39)33-19-6-5-18(13-16(19)2)27(28,29)30/h5-8,13-14,31H,4,9-12,15H2,1-3H3,(H,33,39). The molecule has 0 aliphatic carbocycles. The maximum absolute atomic E-state index is 13.8. The number of anilines is 2. The number of rotatable bonds is 7. The van der Waals surface area contributed by atoms with E-state index in [0.29, 0.717) is 55.4 Å². The van der Waals surface area contributed by atoms with Crippen molar-refractivity contribution in [1.29, 1.82) is 0 Å². The molecule has 0 saturated carbocycles. The number of piperazine rings is 1. The molecule has 41 heavy (non-hydrogen) atoms. The minimum absolute atomic E-state index is 0.163. The van der Waals surface area contributed by atoms with Gasteiger partial charge in [0.1, 0.15) is 12.2 Å². The molecule has 1 amide bonds. The quantitative estimate of drug-likeness (QED) is 0.348. The first-order valence-electron chi connectivity index (χ1n) is 13.1. The number of amides is 1. The van der Waals surface area contributed by atoms with Crippen molar-refractivity contribution >= 4 is 23.1 Å². The highest BCUT2D eigenvalue weighted by Gasteiger charge is 2.31. The predicted octanol–water partition coefficient (Wildman–Crippen LogP) is 2.90. The van der Waals surface area contributed by atoms with Gasteiger partial charge in [-0.25, -0.2) is 4.98 Å². The molecule has 0 atom stereocenters. The largest absolute Gasteiger partial charge is 0.481 e. The summed E-state index contributed by atoms with van der Waals surface area (Å²) in [6.45, 7) is 5.69. The van der Waals surface area contributed by atoms with Crippen LogP contribution in [0.1, 0.15) is 23.7 Å². The Kier molecular flexibility index (Phi) is 7.67. The van der Waals surface area contributed by atoms with Crippen molar-refractivity contribution in [2.24, 2.45) is 0 Å². The van der Waals surface area contributed by atoms with Gasteiger partial charge in [-0.05, 0) is 43.2 Å². The van der Waals surface area contributed by atoms with E-state index in [2.05, 4.69) is 25.7 Å². The van der Waals surface area contributed by atoms with E-state index >= 15 is 0 Å². The molecule has 4 aromatic rings. The maximum Gasteiger partial charge on any atom is 0.416 e. The molecule has 0 bridgehead atoms. The van der Waals surface area contributed by atoms with Crippen LogP contribution in [0, 0.1) is 6.92 Å². The summed E-state index contributed by atoms with van der Waals surface area (Å²) in [6, 6.07) is 6.47. The molecule has 0 unspecified atom stereocenters. The van der Waals surface area contributed by atoms with E-state index in [1.54, 1.807) is 16.7 Å². The number of aromatic nitrogens is 5. The van der Waals surface area contributed by atoms with Crippen molar-refractivity contribution in [3.8, 4) is 17.3 Å². The number of benzene rings is 1. The zero-order chi connectivity index (χ0) is 29.3. The Labute approximate surface area is 233 Å². The number of nitrogens with one attached hydrogen (secondary N) is 2. The van der Waals surface area contributed by atoms with E-state index in [9.17, 15) is 22.8 Å². The van der Waals surface area contributed by atoms with Crippen LogP contribution >= 0.6 is 0 Å². The highest BCUT2D eigenvalue weighted by molar-refractivity contribution is 5.91. The van der Waals surface area contributed by atoms with Crippen LogP contribution in [0.25, 0.3) is 17.2 Å². The number of halogens is 3. The van der Waals surface area contributed by atoms with Crippen molar-refractivity contribution in [2.45, 2.75) is 33.0 Å². The highest BCUT2D eigenvalue weighted by atomic mass is 19.4. The van der Waals surface area contributed by atoms with Gasteiger partial charge in [-0.15, -0.1) is 5.10 Å². The van der Waals surface area contributed by atoms with Gasteiger partial charge in [0.2, 0.25) is 17.6 Å². The van der Waals surface area contributed by atoms with Crippen LogP contribution in [0.2, 0.25) is 0 Å². The molecule has 0 spiro atoms. The molecular formula is C27H29F3N8O3. The number of hydrogen-bond donors (Lipinski definition) is 2. The highest BCUT2D eigenvalue weighted by Crippen LogP contribution is 2.32. The van der Waals surface area contributed by atoms with Crippen LogP contribution in [0.5, 0.6) is 5.88 Å². The van der Waals surface area contributed by atoms with E-state index in [1.807, 2.05) is 11.8 Å². The van der Waals surface area contributed by atoms with Gasteiger partial charge in [0.25, 0.3) is 5.56 Å². The number of carbonyl (C=O) groups excluding carboxylic acids is 1. The summed E-state index contributed by atoms with van der Waals surface area (Å²) in [7, 11) is 1.48. The monoisotopic (exact) mass is 570 g/mol. The first kappa shape index (κ1) is 28.1. The summed E-state index contributed by atoms with van der Waals surface area (Å²) in [5, 5.41) is 10.5. The second-order valence-corrected chi connectivity index (χ2v) is 9.59. The second-order valence-electron chi connectivity index (χ2n) is 9.59. The third-order valence-electron chi connectivity index (χ3n) is 6.93. The lowest BCUT2D eigenvalue weighted by atomic mass is 10.1. The molecule has 1 aliphatic heterocycles. The van der Waals surface area contributed by atoms with E-state index < -0.39 is 17.6 Å². The van der Waals surface area contributed by atoms with Crippen molar-refractivity contribution in [1.82, 2.24) is 29.5 Å². The zero-order valence-corrected chi connectivity index (χ0v) is 22.7. The maximum atomic E-state index is 13.8. The van der Waals surface area contributed by atoms with E-state index in [1.165, 1.54) is 30.8 Å². The Balaban J connectivity index is 1.60. The summed E-state index contributed by atoms with van der Waals surface area (Å²) in [5.74, 6) is 0.263. The van der Waals surface area contributed by atoms with Crippen LogP contribution in [0.4, 0.5) is 24.5 Å². The van der Waals surface area contributed by atoms with Gasteiger partial charge in [0.15, 0.2) is 5.82 Å². The van der Waals surface area contributed by atoms with Gasteiger partial charge >= 0.3 is 6.18 Å². The Morgan fingerprint density at radius 1 is 1.17 bits per heavy atom. The lowest BCUT2D eigenvalue weighted by molar-refractivity contribution is -0.137. The molecule has 1 aliphatic rings. The summed E-state index contributed by atoms with van der Waals surface area (Å²) < 4.78 is 47.4. The van der Waals surface area contributed by atoms with Crippen LogP contribution < -0.4 is 25.8 Å². The number of ether oxygens (including phenoxy) is 1. The molecule has 3 aromatic heterocycles. The van der Waals surface area contributed by atoms with Crippen molar-refractivity contribution in [3.63, 3.8) is 0 Å². The van der Waals surface area contributed by atoms with Gasteiger partial charge in [-0.1, -0.05) is 6.92 Å². The minimum Gasteiger partial charge on any atom is -0.481 e. The summed E-state index contributed by atoms with van der Waals surface area (Å²) in [5.41, 5.74) is 0.983. The molecule has 0 radical (unpaired) electrons. The number of aryl methyl sites for hydroxylation is 1. The molecule has 2 N–H and O–H groups in total. The fourth-order valence-corrected chi connectivity index (χ4v) is 4.91. The van der Waals surface area contributed by atoms with Crippen LogP contribution in [0.3, 0.4) is 0 Å². The fraction of sp³-hybridized carbons (Fsp3) is 0.370. The topological polar surface area (TPSA) is 119 Å². The Morgan fingerprint density at radius 3 is 2.59 bits per heavy atom. The van der Waals surface area contributed by atoms with E-state index in [0.717, 1.165) is 12.1 Å². The first-order chi connectivity index (χ1) is 19.6. The van der Waals surface area contributed by atoms with E-state index in [4.69, 9.17) is 4.74 Å². The summed E-state index contributed by atoms with van der Waals surface area (Å²) in [6.07, 6.45) is -2.53. The second kappa shape index (κ2) is 11.2. The summed E-state index contributed by atoms with van der Waals surface area (Å²) in [4.78, 5) is 37.8. The zero-order valence-electron chi connectivity index (χ0n) is 22.7. The molecule has 1 saturated heterocycles. The Bertz CT molecular complexity index is 1660. The molecule has 216 valence electrons. The normalized spacial score (nSPS) is 14.0. The SMILES string of the molecule is CCc1c(N2CCNCC2)c(=O)n2nc(-c3ccnc(OC)c3)nc2n1CC(=O)Nc1ccc(C(F)(F)F)cc1C. The van der Waals surface area contributed by atoms with Crippen molar-refractivity contribution < 1.29 is 22.7 Å². The van der Waals surface area contributed by atoms with Gasteiger partial charge in [0, 0.05) is 49.7 Å². The third kappa shape index (κ3) is 5.59. The molecular weight excluding hydrogens is 541 g/mol. The number of nitrogens with zero attached hydrogens (tertiary/aromatic N) is 6. The minimum atomic E-state index is -4.49. The molecule has 4 heterocycles. The van der Waals surface area contributed by atoms with Gasteiger partial charge in [0.05, 0.1) is 18.4 Å². The fourth-order valence-electron chi connectivity index (χ4n) is 4.91. The number of carbonyl (C=O) groups is 1. The number of alkyl halides is 3. The third-order valence-corrected chi connectivity index (χ3v) is 6.93. The molecule has 1 fully saturated rings. The first-order valence-corrected chi connectivity index (χ1v) is 13.1. The predicted molar refractivity (Wildman–Crippen MR) is 146 cm³/mol. The van der Waals surface area contributed by atoms with Crippen LogP contribution in [0.15, 0.2) is 41.3 Å². The number of methoxy groups -OCH3 is 1. The lowest BCUT2D eigenvalue weighted by Crippen LogP contribution is -2.47. The van der Waals surface area contributed by atoms with Crippen molar-refractivity contribution in [3.05, 3.63) is 63.7 Å². The Hall–Kier alpha value is -4.46. The number of pyridine rings is 1. The van der Waals surface area contributed by atoms with Crippen LogP contribution in [-0.2, 0) is 23.9 Å². The molecule has 14 heteroatoms. The van der Waals surface area contributed by atoms with E-state index in [-0.39, 0.29) is 35.0 Å². The molecule has 11 nitrogen and oxygen atoms in total. The van der Waals surface area contributed by atoms with Gasteiger partial charge in [-0.3, -0.25) is 9.59 Å². The average molecular weight is 571 g/mol. The van der Waals surface area contributed by atoms with Gasteiger partial charge in [-0.2, -0.15) is 22.7 Å². The molecule has 5 rings (SSSR count).